The minimum Gasteiger partial charge on any atom is -0.481 e. The molecule has 2 aliphatic heterocycles. The van der Waals surface area contributed by atoms with Crippen LogP contribution in [-0.2, 0) is 16.1 Å². The van der Waals surface area contributed by atoms with Gasteiger partial charge in [0.2, 0.25) is 12.7 Å². The fourth-order valence-corrected chi connectivity index (χ4v) is 6.63. The lowest BCUT2D eigenvalue weighted by atomic mass is 9.77. The molecular formula is C35H50N3O5+. The number of aliphatic carboxylic acids is 1. The minimum absolute atomic E-state index is 0.000152. The second-order valence-electron chi connectivity index (χ2n) is 13.8. The molecule has 4 rings (SSSR count). The lowest BCUT2D eigenvalue weighted by Gasteiger charge is -2.34. The summed E-state index contributed by atoms with van der Waals surface area (Å²) in [4.78, 5) is 31.2. The maximum atomic E-state index is 14.2. The van der Waals surface area contributed by atoms with Crippen LogP contribution < -0.4 is 14.4 Å². The number of allylic oxidation sites excluding steroid dienone is 2. The Balaban J connectivity index is 1.67. The number of amides is 1. The molecule has 3 atom stereocenters. The third-order valence-corrected chi connectivity index (χ3v) is 8.47. The molecule has 2 aliphatic rings. The third kappa shape index (κ3) is 8.18. The molecule has 1 fully saturated rings. The van der Waals surface area contributed by atoms with Crippen LogP contribution in [0.2, 0.25) is 0 Å². The number of quaternary nitrogens is 1. The molecule has 0 aliphatic carbocycles. The number of nitrogens with zero attached hydrogens (tertiary/aromatic N) is 3. The average Bonchev–Trinajstić information content (AvgIpc) is 3.52. The van der Waals surface area contributed by atoms with Crippen molar-refractivity contribution in [3.05, 3.63) is 65.7 Å². The van der Waals surface area contributed by atoms with Gasteiger partial charge in [0.05, 0.1) is 33.6 Å². The molecule has 0 unspecified atom stereocenters. The summed E-state index contributed by atoms with van der Waals surface area (Å²) in [5, 5.41) is 10.6. The number of ether oxygens (including phenoxy) is 2. The van der Waals surface area contributed by atoms with E-state index in [0.29, 0.717) is 31.0 Å². The highest BCUT2D eigenvalue weighted by molar-refractivity contribution is 5.95. The fourth-order valence-electron chi connectivity index (χ4n) is 6.63. The van der Waals surface area contributed by atoms with Crippen LogP contribution in [0.25, 0.3) is 0 Å². The number of carbonyl (C=O) groups is 2. The Kier molecular flexibility index (Phi) is 10.2. The molecule has 43 heavy (non-hydrogen) atoms. The van der Waals surface area contributed by atoms with Crippen LogP contribution in [-0.4, -0.2) is 80.0 Å². The molecule has 2 aromatic rings. The number of carbonyl (C=O) groups excluding carboxylic acids is 1. The van der Waals surface area contributed by atoms with E-state index in [1.165, 1.54) is 5.56 Å². The number of carboxylic acid groups (broad SMARTS) is 1. The third-order valence-electron chi connectivity index (χ3n) is 8.47. The summed E-state index contributed by atoms with van der Waals surface area (Å²) in [5.41, 5.74) is 2.74. The van der Waals surface area contributed by atoms with Crippen LogP contribution in [0.5, 0.6) is 11.5 Å². The molecule has 0 bridgehead atoms. The van der Waals surface area contributed by atoms with Gasteiger partial charge < -0.3 is 24.0 Å². The van der Waals surface area contributed by atoms with E-state index >= 15 is 0 Å². The lowest BCUT2D eigenvalue weighted by molar-refractivity contribution is -0.884. The zero-order chi connectivity index (χ0) is 31.4. The number of hydrogen-bond donors (Lipinski definition) is 1. The summed E-state index contributed by atoms with van der Waals surface area (Å²) >= 11 is 0. The normalized spacial score (nSPS) is 20.6. The quantitative estimate of drug-likeness (QED) is 0.230. The first kappa shape index (κ1) is 32.6. The second kappa shape index (κ2) is 13.5. The molecule has 1 amide bonds. The van der Waals surface area contributed by atoms with Gasteiger partial charge in [0, 0.05) is 36.3 Å². The van der Waals surface area contributed by atoms with E-state index < -0.39 is 11.9 Å². The van der Waals surface area contributed by atoms with Gasteiger partial charge in [-0.05, 0) is 55.0 Å². The van der Waals surface area contributed by atoms with Gasteiger partial charge in [0.15, 0.2) is 11.5 Å². The summed E-state index contributed by atoms with van der Waals surface area (Å²) < 4.78 is 11.9. The second-order valence-corrected chi connectivity index (χ2v) is 13.8. The minimum atomic E-state index is -0.838. The maximum Gasteiger partial charge on any atom is 0.308 e. The van der Waals surface area contributed by atoms with Crippen molar-refractivity contribution in [1.82, 2.24) is 4.90 Å². The van der Waals surface area contributed by atoms with Gasteiger partial charge in [-0.2, -0.15) is 0 Å². The molecular weight excluding hydrogens is 542 g/mol. The predicted molar refractivity (Wildman–Crippen MR) is 170 cm³/mol. The number of fused-ring (bicyclic) bond motifs is 1. The van der Waals surface area contributed by atoms with Crippen LogP contribution in [0.3, 0.4) is 0 Å². The van der Waals surface area contributed by atoms with Crippen LogP contribution in [0, 0.1) is 11.3 Å². The van der Waals surface area contributed by atoms with Gasteiger partial charge in [-0.1, -0.05) is 57.5 Å². The standard InChI is InChI=1S/C35H49N3O5/c1-8-10-17-37(27-13-11-12-25(18-27)23-38(5,6)7)32(39)22-36-21-28(26-14-15-30-31(19-26)43-24-42-30)33(34(40)41)29(36)20-35(3,4)16-9-2/h9,11-16,18-19,28-29,33H,8,10,17,20-24H2,1-7H3/p+1/t28-,29+,33-/m1/s1. The van der Waals surface area contributed by atoms with Gasteiger partial charge in [0.1, 0.15) is 6.54 Å². The predicted octanol–water partition coefficient (Wildman–Crippen LogP) is 5.92. The highest BCUT2D eigenvalue weighted by atomic mass is 16.7. The summed E-state index contributed by atoms with van der Waals surface area (Å²) in [5.74, 6) is -0.486. The van der Waals surface area contributed by atoms with Gasteiger partial charge in [-0.15, -0.1) is 0 Å². The maximum absolute atomic E-state index is 14.2. The molecule has 0 spiro atoms. The number of carboxylic acids is 1. The summed E-state index contributed by atoms with van der Waals surface area (Å²) in [7, 11) is 6.47. The molecule has 0 radical (unpaired) electrons. The van der Waals surface area contributed by atoms with Crippen molar-refractivity contribution in [3.63, 3.8) is 0 Å². The van der Waals surface area contributed by atoms with E-state index in [1.54, 1.807) is 0 Å². The van der Waals surface area contributed by atoms with Crippen molar-refractivity contribution in [1.29, 1.82) is 0 Å². The van der Waals surface area contributed by atoms with E-state index in [4.69, 9.17) is 9.47 Å². The molecule has 234 valence electrons. The van der Waals surface area contributed by atoms with Crippen molar-refractivity contribution in [2.75, 3.05) is 52.5 Å². The summed E-state index contributed by atoms with van der Waals surface area (Å²) in [6.07, 6.45) is 6.63. The van der Waals surface area contributed by atoms with E-state index in [2.05, 4.69) is 65.0 Å². The zero-order valence-corrected chi connectivity index (χ0v) is 27.0. The molecule has 8 heteroatoms. The first-order chi connectivity index (χ1) is 20.3. The number of likely N-dealkylation sites (tertiary alicyclic amines) is 1. The van der Waals surface area contributed by atoms with E-state index in [9.17, 15) is 14.7 Å². The average molecular weight is 593 g/mol. The van der Waals surface area contributed by atoms with Crippen LogP contribution >= 0.6 is 0 Å². The molecule has 2 heterocycles. The van der Waals surface area contributed by atoms with Crippen LogP contribution in [0.1, 0.15) is 64.0 Å². The molecule has 1 saturated heterocycles. The van der Waals surface area contributed by atoms with Crippen molar-refractivity contribution in [2.45, 2.75) is 65.5 Å². The number of anilines is 1. The molecule has 0 saturated carbocycles. The Hall–Kier alpha value is -3.36. The van der Waals surface area contributed by atoms with E-state index in [-0.39, 0.29) is 36.6 Å². The molecule has 1 N–H and O–H groups in total. The Morgan fingerprint density at radius 2 is 1.86 bits per heavy atom. The highest BCUT2D eigenvalue weighted by Crippen LogP contribution is 2.45. The number of unbranched alkanes of at least 4 members (excludes halogenated alkanes) is 1. The van der Waals surface area contributed by atoms with Crippen LogP contribution in [0.15, 0.2) is 54.6 Å². The zero-order valence-electron chi connectivity index (χ0n) is 27.0. The van der Waals surface area contributed by atoms with Crippen molar-refractivity contribution >= 4 is 17.6 Å². The number of rotatable bonds is 13. The summed E-state index contributed by atoms with van der Waals surface area (Å²) in [6.45, 7) is 10.7. The first-order valence-corrected chi connectivity index (χ1v) is 15.5. The Morgan fingerprint density at radius 3 is 2.53 bits per heavy atom. The lowest BCUT2D eigenvalue weighted by Crippen LogP contribution is -2.45. The van der Waals surface area contributed by atoms with Crippen molar-refractivity contribution < 1.29 is 28.7 Å². The molecule has 2 aromatic carbocycles. The van der Waals surface area contributed by atoms with E-state index in [0.717, 1.165) is 35.1 Å². The van der Waals surface area contributed by atoms with Crippen LogP contribution in [0.4, 0.5) is 5.69 Å². The van der Waals surface area contributed by atoms with Gasteiger partial charge in [0.25, 0.3) is 0 Å². The monoisotopic (exact) mass is 592 g/mol. The fraction of sp³-hybridized carbons (Fsp3) is 0.543. The van der Waals surface area contributed by atoms with Crippen molar-refractivity contribution in [3.8, 4) is 11.5 Å². The SMILES string of the molecule is CC=CC(C)(C)C[C@H]1[C@H](C(=O)O)[C@@H](c2ccc3c(c2)OCO3)CN1CC(=O)N(CCCC)c1cccc(C[N+](C)(C)C)c1. The molecule has 8 nitrogen and oxygen atoms in total. The Labute approximate surface area is 257 Å². The van der Waals surface area contributed by atoms with Gasteiger partial charge in [-0.25, -0.2) is 0 Å². The summed E-state index contributed by atoms with van der Waals surface area (Å²) in [6, 6.07) is 13.7. The highest BCUT2D eigenvalue weighted by Gasteiger charge is 2.48. The number of benzene rings is 2. The topological polar surface area (TPSA) is 79.3 Å². The number of hydrogen-bond acceptors (Lipinski definition) is 5. The van der Waals surface area contributed by atoms with Crippen molar-refractivity contribution in [2.24, 2.45) is 11.3 Å². The smallest absolute Gasteiger partial charge is 0.308 e. The largest absolute Gasteiger partial charge is 0.481 e. The van der Waals surface area contributed by atoms with Gasteiger partial charge in [-0.3, -0.25) is 14.5 Å². The van der Waals surface area contributed by atoms with Gasteiger partial charge >= 0.3 is 5.97 Å². The molecule has 0 aromatic heterocycles. The Morgan fingerprint density at radius 1 is 1.12 bits per heavy atom. The Bertz CT molecular complexity index is 1310. The first-order valence-electron chi connectivity index (χ1n) is 15.5. The van der Waals surface area contributed by atoms with E-state index in [1.807, 2.05) is 48.2 Å².